The van der Waals surface area contributed by atoms with Crippen LogP contribution in [0.15, 0.2) is 36.4 Å². The average molecular weight is 699 g/mol. The molecule has 6 rings (SSSR count). The van der Waals surface area contributed by atoms with Crippen LogP contribution in [0.4, 0.5) is 0 Å². The maximum Gasteiger partial charge on any atom is 0.308 e. The Hall–Kier alpha value is -4.15. The summed E-state index contributed by atoms with van der Waals surface area (Å²) in [6.45, 7) is 2.57. The monoisotopic (exact) mass is 698 g/mol. The van der Waals surface area contributed by atoms with Gasteiger partial charge in [0, 0.05) is 11.1 Å². The first-order valence-electron chi connectivity index (χ1n) is 15.5. The maximum absolute atomic E-state index is 15.0. The van der Waals surface area contributed by atoms with Crippen LogP contribution in [0.2, 0.25) is 0 Å². The van der Waals surface area contributed by atoms with Gasteiger partial charge in [-0.1, -0.05) is 24.3 Å². The Morgan fingerprint density at radius 3 is 1.43 bits per heavy atom. The Labute approximate surface area is 283 Å². The minimum absolute atomic E-state index is 0.313. The van der Waals surface area contributed by atoms with E-state index in [1.807, 2.05) is 0 Å². The molecule has 2 aliphatic heterocycles. The number of esters is 2. The van der Waals surface area contributed by atoms with Crippen molar-refractivity contribution in [3.8, 4) is 11.5 Å². The van der Waals surface area contributed by atoms with Gasteiger partial charge in [-0.2, -0.15) is 0 Å². The van der Waals surface area contributed by atoms with Crippen molar-refractivity contribution in [2.24, 2.45) is 0 Å². The third-order valence-corrected chi connectivity index (χ3v) is 12.3. The number of carbonyl (C=O) groups is 6. The average Bonchev–Trinajstić information content (AvgIpc) is 3.06. The summed E-state index contributed by atoms with van der Waals surface area (Å²) in [5, 5.41) is 46.8. The van der Waals surface area contributed by atoms with Crippen LogP contribution in [0.1, 0.15) is 81.0 Å². The van der Waals surface area contributed by atoms with Gasteiger partial charge in [-0.3, -0.25) is 28.8 Å². The molecule has 2 aliphatic carbocycles. The topological polar surface area (TPSA) is 220 Å². The second-order valence-electron chi connectivity index (χ2n) is 12.8. The molecular weight excluding hydrogens is 664 g/mol. The highest BCUT2D eigenvalue weighted by Gasteiger charge is 2.78. The van der Waals surface area contributed by atoms with Gasteiger partial charge in [-0.05, 0) is 38.8 Å². The van der Waals surface area contributed by atoms with Crippen LogP contribution < -0.4 is 0 Å². The molecule has 0 spiro atoms. The first-order chi connectivity index (χ1) is 23.0. The van der Waals surface area contributed by atoms with Crippen molar-refractivity contribution in [3.05, 3.63) is 58.7 Å². The van der Waals surface area contributed by atoms with E-state index < -0.39 is 128 Å². The third kappa shape index (κ3) is 4.55. The summed E-state index contributed by atoms with van der Waals surface area (Å²) in [5.41, 5.74) is -7.33. The Kier molecular flexibility index (Phi) is 8.31. The number of phenolic OH excluding ortho intramolecular Hbond substituents is 2. The third-order valence-electron chi connectivity index (χ3n) is 10.3. The normalized spacial score (nSPS) is 35.1. The van der Waals surface area contributed by atoms with Gasteiger partial charge in [0.1, 0.15) is 21.0 Å². The molecule has 0 bridgehead atoms. The van der Waals surface area contributed by atoms with E-state index in [2.05, 4.69) is 0 Å². The number of Topliss-reactive ketones (excluding diaryl/α,β-unsaturated/α-hetero) is 4. The summed E-state index contributed by atoms with van der Waals surface area (Å²) in [4.78, 5) is 83.9. The lowest BCUT2D eigenvalue weighted by Crippen LogP contribution is -2.79. The van der Waals surface area contributed by atoms with Crippen LogP contribution in [0, 0.1) is 0 Å². The van der Waals surface area contributed by atoms with E-state index >= 15 is 9.59 Å². The fourth-order valence-corrected chi connectivity index (χ4v) is 10.3. The van der Waals surface area contributed by atoms with Crippen molar-refractivity contribution < 1.29 is 68.1 Å². The van der Waals surface area contributed by atoms with Crippen LogP contribution in [-0.4, -0.2) is 115 Å². The number of aromatic hydroxyl groups is 2. The Morgan fingerprint density at radius 2 is 1.08 bits per heavy atom. The van der Waals surface area contributed by atoms with Crippen LogP contribution in [0.25, 0.3) is 0 Å². The van der Waals surface area contributed by atoms with Gasteiger partial charge in [0.15, 0.2) is 22.8 Å². The summed E-state index contributed by atoms with van der Waals surface area (Å²) in [5.74, 6) is -6.87. The van der Waals surface area contributed by atoms with Gasteiger partial charge < -0.3 is 39.4 Å². The first-order valence-corrected chi connectivity index (χ1v) is 16.3. The number of ether oxygens (including phenoxy) is 4. The number of ketones is 4. The van der Waals surface area contributed by atoms with Gasteiger partial charge >= 0.3 is 11.9 Å². The number of carbonyl (C=O) groups excluding carboxylic acids is 6. The number of hydrogen-bond acceptors (Lipinski definition) is 15. The summed E-state index contributed by atoms with van der Waals surface area (Å²) >= 11 is 0.381. The van der Waals surface area contributed by atoms with E-state index in [0.717, 1.165) is 26.4 Å². The molecule has 0 unspecified atom stereocenters. The molecule has 2 heterocycles. The van der Waals surface area contributed by atoms with E-state index in [-0.39, 0.29) is 11.1 Å². The maximum atomic E-state index is 15.0. The molecule has 0 saturated carbocycles. The number of hydrogen-bond donors (Lipinski definition) is 4. The van der Waals surface area contributed by atoms with Crippen molar-refractivity contribution >= 4 is 46.8 Å². The predicted molar refractivity (Wildman–Crippen MR) is 168 cm³/mol. The molecule has 0 amide bonds. The zero-order valence-electron chi connectivity index (χ0n) is 26.9. The molecule has 2 aromatic rings. The van der Waals surface area contributed by atoms with Gasteiger partial charge in [-0.15, -0.1) is 11.8 Å². The molecule has 2 saturated heterocycles. The van der Waals surface area contributed by atoms with E-state index in [0.29, 0.717) is 11.8 Å². The predicted octanol–water partition coefficient (Wildman–Crippen LogP) is 1.71. The minimum atomic E-state index is -2.86. The van der Waals surface area contributed by atoms with Gasteiger partial charge in [0.2, 0.25) is 11.6 Å². The number of thioether (sulfide) groups is 1. The lowest BCUT2D eigenvalue weighted by Gasteiger charge is -2.61. The number of aliphatic hydroxyl groups is 2. The molecule has 2 fully saturated rings. The minimum Gasteiger partial charge on any atom is -0.507 e. The summed E-state index contributed by atoms with van der Waals surface area (Å²) in [7, 11) is 2.26. The van der Waals surface area contributed by atoms with Crippen molar-refractivity contribution in [1.82, 2.24) is 0 Å². The highest BCUT2D eigenvalue weighted by molar-refractivity contribution is 8.03. The van der Waals surface area contributed by atoms with Gasteiger partial charge in [-0.25, -0.2) is 0 Å². The SMILES string of the molecule is COC(=O)C[C@@H]1C[C@]2(S[C@]34C[C@H](CC(=O)OC)O[C@H](C)[C@]3(O)C(=O)c3c(O)cccc3C4=O)C(=O)c3cccc(O)c3C(=O)[C@@]2(O)[C@H](C)O1. The van der Waals surface area contributed by atoms with E-state index in [1.54, 1.807) is 0 Å². The highest BCUT2D eigenvalue weighted by Crippen LogP contribution is 2.64. The standard InChI is InChI=1S/C34H34O14S/c1-15-33(43)29(41)25-19(7-5-9-21(25)35)27(39)31(33,13-17(47-15)11-23(37)45-3)49-32-14-18(12-24(38)46-4)48-16(2)34(32,44)30(42)26-20(28(32)40)8-6-10-22(26)36/h5-10,15-18,35-36,43-44H,11-14H2,1-4H3/t15-,16+,17+,18-,31-,32-,33-,34-/m0/s1. The number of methoxy groups -OCH3 is 2. The van der Waals surface area contributed by atoms with E-state index in [1.165, 1.54) is 38.1 Å². The molecule has 15 heteroatoms. The Bertz CT molecular complexity index is 1690. The molecule has 8 atom stereocenters. The lowest BCUT2D eigenvalue weighted by molar-refractivity contribution is -0.173. The number of phenols is 2. The number of benzene rings is 2. The van der Waals surface area contributed by atoms with Crippen LogP contribution in [0.5, 0.6) is 11.5 Å². The summed E-state index contributed by atoms with van der Waals surface area (Å²) in [6.07, 6.45) is -7.60. The Morgan fingerprint density at radius 1 is 0.714 bits per heavy atom. The molecule has 0 radical (unpaired) electrons. The fraction of sp³-hybridized carbons (Fsp3) is 0.471. The van der Waals surface area contributed by atoms with Crippen LogP contribution in [0.3, 0.4) is 0 Å². The molecular formula is C34H34O14S. The molecule has 14 nitrogen and oxygen atoms in total. The van der Waals surface area contributed by atoms with Crippen molar-refractivity contribution in [1.29, 1.82) is 0 Å². The molecule has 0 aromatic heterocycles. The smallest absolute Gasteiger partial charge is 0.308 e. The van der Waals surface area contributed by atoms with Crippen LogP contribution in [-0.2, 0) is 28.5 Å². The summed E-state index contributed by atoms with van der Waals surface area (Å²) in [6, 6.07) is 7.44. The van der Waals surface area contributed by atoms with E-state index in [4.69, 9.17) is 18.9 Å². The largest absolute Gasteiger partial charge is 0.507 e. The fourth-order valence-electron chi connectivity index (χ4n) is 7.91. The molecule has 4 aliphatic rings. The molecule has 49 heavy (non-hydrogen) atoms. The quantitative estimate of drug-likeness (QED) is 0.316. The van der Waals surface area contributed by atoms with Gasteiger partial charge in [0.05, 0.1) is 62.6 Å². The number of fused-ring (bicyclic) bond motifs is 4. The zero-order valence-corrected chi connectivity index (χ0v) is 27.7. The van der Waals surface area contributed by atoms with E-state index in [9.17, 15) is 39.6 Å². The molecule has 4 N–H and O–H groups in total. The first kappa shape index (κ1) is 34.7. The highest BCUT2D eigenvalue weighted by atomic mass is 32.2. The lowest BCUT2D eigenvalue weighted by atomic mass is 9.63. The zero-order chi connectivity index (χ0) is 35.8. The Balaban J connectivity index is 1.66. The van der Waals surface area contributed by atoms with Crippen molar-refractivity contribution in [2.45, 2.75) is 84.6 Å². The van der Waals surface area contributed by atoms with Gasteiger partial charge in [0.25, 0.3) is 0 Å². The van der Waals surface area contributed by atoms with Crippen LogP contribution >= 0.6 is 11.8 Å². The molecule has 260 valence electrons. The van der Waals surface area contributed by atoms with Crippen molar-refractivity contribution in [2.75, 3.05) is 14.2 Å². The molecule has 2 aromatic carbocycles. The van der Waals surface area contributed by atoms with Crippen molar-refractivity contribution in [3.63, 3.8) is 0 Å². The second kappa shape index (κ2) is 11.7. The number of rotatable bonds is 6. The summed E-state index contributed by atoms with van der Waals surface area (Å²) < 4.78 is 16.6. The second-order valence-corrected chi connectivity index (χ2v) is 14.4.